The molecule has 3 aromatic rings. The monoisotopic (exact) mass is 450 g/mol. The van der Waals surface area contributed by atoms with E-state index in [2.05, 4.69) is 20.5 Å². The van der Waals surface area contributed by atoms with Gasteiger partial charge in [-0.25, -0.2) is 17.8 Å². The highest BCUT2D eigenvalue weighted by Crippen LogP contribution is 2.31. The highest BCUT2D eigenvalue weighted by atomic mass is 32.2. The third kappa shape index (κ3) is 4.25. The fourth-order valence-electron chi connectivity index (χ4n) is 3.23. The zero-order valence-corrected chi connectivity index (χ0v) is 17.7. The van der Waals surface area contributed by atoms with Crippen LogP contribution in [0.5, 0.6) is 0 Å². The Hall–Kier alpha value is -2.70. The molecule has 0 bridgehead atoms. The van der Waals surface area contributed by atoms with Gasteiger partial charge in [0.25, 0.3) is 15.9 Å². The van der Waals surface area contributed by atoms with Crippen LogP contribution in [0.1, 0.15) is 33.6 Å². The number of nitrogens with zero attached hydrogens (tertiary/aromatic N) is 5. The second-order valence-electron chi connectivity index (χ2n) is 6.99. The molecule has 1 saturated heterocycles. The van der Waals surface area contributed by atoms with Crippen LogP contribution in [-0.2, 0) is 17.1 Å². The number of carbonyl (C=O) groups excluding carboxylic acids is 1. The van der Waals surface area contributed by atoms with Gasteiger partial charge in [0.1, 0.15) is 10.8 Å². The smallest absolute Gasteiger partial charge is 0.286 e. The summed E-state index contributed by atoms with van der Waals surface area (Å²) >= 11 is 1.13. The number of anilines is 1. The standard InChI is InChI=1S/C18H19FN6O3S2/c1-24-10-15(20-11-24)30(27,28)25-8-2-3-12(9-25)17-22-23-18(29-17)16(26)21-14-6-4-13(19)5-7-14/h4-7,10-12H,2-3,8-9H2,1H3,(H,21,26)/t12-/m1/s1. The van der Waals surface area contributed by atoms with E-state index in [4.69, 9.17) is 0 Å². The predicted molar refractivity (Wildman–Crippen MR) is 108 cm³/mol. The molecule has 12 heteroatoms. The Morgan fingerprint density at radius 3 is 2.73 bits per heavy atom. The number of hydrogen-bond donors (Lipinski definition) is 1. The molecular weight excluding hydrogens is 431 g/mol. The van der Waals surface area contributed by atoms with E-state index in [1.54, 1.807) is 11.6 Å². The molecule has 1 aliphatic heterocycles. The predicted octanol–water partition coefficient (Wildman–Crippen LogP) is 2.23. The topological polar surface area (TPSA) is 110 Å². The fourth-order valence-corrected chi connectivity index (χ4v) is 5.58. The molecule has 9 nitrogen and oxygen atoms in total. The lowest BCUT2D eigenvalue weighted by Crippen LogP contribution is -2.39. The number of nitrogens with one attached hydrogen (secondary N) is 1. The zero-order chi connectivity index (χ0) is 21.3. The SMILES string of the molecule is Cn1cnc(S(=O)(=O)N2CCC[C@@H](c3nnc(C(=O)Nc4ccc(F)cc4)s3)C2)c1. The Labute approximate surface area is 176 Å². The van der Waals surface area contributed by atoms with Gasteiger partial charge in [-0.1, -0.05) is 11.3 Å². The summed E-state index contributed by atoms with van der Waals surface area (Å²) in [6.07, 6.45) is 4.35. The Balaban J connectivity index is 1.46. The van der Waals surface area contributed by atoms with Crippen molar-refractivity contribution < 1.29 is 17.6 Å². The molecule has 2 aromatic heterocycles. The summed E-state index contributed by atoms with van der Waals surface area (Å²) in [6.45, 7) is 0.666. The van der Waals surface area contributed by atoms with Crippen molar-refractivity contribution in [3.63, 3.8) is 0 Å². The van der Waals surface area contributed by atoms with Gasteiger partial charge in [-0.05, 0) is 37.1 Å². The molecule has 0 saturated carbocycles. The van der Waals surface area contributed by atoms with Crippen LogP contribution >= 0.6 is 11.3 Å². The first-order valence-electron chi connectivity index (χ1n) is 9.21. The van der Waals surface area contributed by atoms with E-state index in [9.17, 15) is 17.6 Å². The number of benzene rings is 1. The highest BCUT2D eigenvalue weighted by Gasteiger charge is 2.34. The molecule has 30 heavy (non-hydrogen) atoms. The van der Waals surface area contributed by atoms with Crippen molar-refractivity contribution in [2.24, 2.45) is 7.05 Å². The molecule has 1 atom stereocenters. The van der Waals surface area contributed by atoms with Crippen LogP contribution in [0.3, 0.4) is 0 Å². The summed E-state index contributed by atoms with van der Waals surface area (Å²) in [6, 6.07) is 5.41. The summed E-state index contributed by atoms with van der Waals surface area (Å²) in [4.78, 5) is 16.4. The van der Waals surface area contributed by atoms with Crippen molar-refractivity contribution >= 4 is 33.0 Å². The Kier molecular flexibility index (Phi) is 5.62. The van der Waals surface area contributed by atoms with Gasteiger partial charge in [0.2, 0.25) is 5.01 Å². The number of sulfonamides is 1. The number of rotatable bonds is 5. The van der Waals surface area contributed by atoms with E-state index >= 15 is 0 Å². The van der Waals surface area contributed by atoms with Crippen LogP contribution in [0.15, 0.2) is 41.8 Å². The molecule has 0 spiro atoms. The third-order valence-electron chi connectivity index (χ3n) is 4.76. The molecule has 1 aromatic carbocycles. The summed E-state index contributed by atoms with van der Waals surface area (Å²) in [5.41, 5.74) is 0.448. The lowest BCUT2D eigenvalue weighted by Gasteiger charge is -2.30. The number of amides is 1. The van der Waals surface area contributed by atoms with Gasteiger partial charge in [0.05, 0.1) is 6.33 Å². The average molecular weight is 451 g/mol. The number of piperidine rings is 1. The summed E-state index contributed by atoms with van der Waals surface area (Å²) < 4.78 is 41.7. The van der Waals surface area contributed by atoms with Gasteiger partial charge in [0.15, 0.2) is 5.03 Å². The number of carbonyl (C=O) groups is 1. The Morgan fingerprint density at radius 2 is 2.03 bits per heavy atom. The Morgan fingerprint density at radius 1 is 1.27 bits per heavy atom. The average Bonchev–Trinajstić information content (AvgIpc) is 3.40. The normalized spacial score (nSPS) is 17.7. The van der Waals surface area contributed by atoms with Crippen LogP contribution in [0.25, 0.3) is 0 Å². The van der Waals surface area contributed by atoms with E-state index in [-0.39, 0.29) is 22.5 Å². The van der Waals surface area contributed by atoms with Gasteiger partial charge < -0.3 is 9.88 Å². The quantitative estimate of drug-likeness (QED) is 0.638. The maximum atomic E-state index is 13.0. The minimum atomic E-state index is -3.69. The number of aromatic nitrogens is 4. The molecule has 1 fully saturated rings. The minimum Gasteiger partial charge on any atom is -0.339 e. The second-order valence-corrected chi connectivity index (χ2v) is 9.88. The maximum Gasteiger partial charge on any atom is 0.286 e. The highest BCUT2D eigenvalue weighted by molar-refractivity contribution is 7.89. The van der Waals surface area contributed by atoms with Crippen LogP contribution in [0.4, 0.5) is 10.1 Å². The summed E-state index contributed by atoms with van der Waals surface area (Å²) in [5.74, 6) is -0.991. The Bertz CT molecular complexity index is 1160. The van der Waals surface area contributed by atoms with Crippen molar-refractivity contribution in [2.75, 3.05) is 18.4 Å². The van der Waals surface area contributed by atoms with Gasteiger partial charge in [-0.15, -0.1) is 10.2 Å². The van der Waals surface area contributed by atoms with Crippen molar-refractivity contribution in [3.8, 4) is 0 Å². The van der Waals surface area contributed by atoms with Crippen molar-refractivity contribution in [1.29, 1.82) is 0 Å². The van der Waals surface area contributed by atoms with E-state index in [0.717, 1.165) is 17.8 Å². The third-order valence-corrected chi connectivity index (χ3v) is 7.59. The molecule has 158 valence electrons. The number of imidazole rings is 1. The lowest BCUT2D eigenvalue weighted by molar-refractivity contribution is 0.102. The van der Waals surface area contributed by atoms with Gasteiger partial charge in [-0.2, -0.15) is 4.31 Å². The second kappa shape index (κ2) is 8.20. The van der Waals surface area contributed by atoms with E-state index in [1.165, 1.54) is 41.1 Å². The number of aryl methyl sites for hydroxylation is 1. The van der Waals surface area contributed by atoms with Crippen molar-refractivity contribution in [3.05, 3.63) is 52.6 Å². The van der Waals surface area contributed by atoms with Crippen molar-refractivity contribution in [2.45, 2.75) is 23.8 Å². The first-order chi connectivity index (χ1) is 14.3. The molecule has 1 N–H and O–H groups in total. The zero-order valence-electron chi connectivity index (χ0n) is 16.0. The van der Waals surface area contributed by atoms with Gasteiger partial charge >= 0.3 is 0 Å². The van der Waals surface area contributed by atoms with Crippen LogP contribution in [-0.4, -0.2) is 51.5 Å². The van der Waals surface area contributed by atoms with Gasteiger partial charge in [-0.3, -0.25) is 4.79 Å². The molecule has 3 heterocycles. The lowest BCUT2D eigenvalue weighted by atomic mass is 10.0. The molecular formula is C18H19FN6O3S2. The number of hydrogen-bond acceptors (Lipinski definition) is 7. The molecule has 0 unspecified atom stereocenters. The summed E-state index contributed by atoms with van der Waals surface area (Å²) in [7, 11) is -1.97. The van der Waals surface area contributed by atoms with Crippen LogP contribution in [0.2, 0.25) is 0 Å². The first kappa shape index (κ1) is 20.6. The molecule has 1 amide bonds. The van der Waals surface area contributed by atoms with Crippen molar-refractivity contribution in [1.82, 2.24) is 24.1 Å². The van der Waals surface area contributed by atoms with E-state index in [0.29, 0.717) is 23.7 Å². The first-order valence-corrected chi connectivity index (χ1v) is 11.5. The van der Waals surface area contributed by atoms with E-state index in [1.807, 2.05) is 0 Å². The minimum absolute atomic E-state index is 0.0160. The fraction of sp³-hybridized carbons (Fsp3) is 0.333. The van der Waals surface area contributed by atoms with Gasteiger partial charge in [0, 0.05) is 37.9 Å². The molecule has 4 rings (SSSR count). The van der Waals surface area contributed by atoms with E-state index < -0.39 is 21.7 Å². The van der Waals surface area contributed by atoms with Crippen LogP contribution in [0, 0.1) is 5.82 Å². The van der Waals surface area contributed by atoms with Crippen LogP contribution < -0.4 is 5.32 Å². The summed E-state index contributed by atoms with van der Waals surface area (Å²) in [5, 5.41) is 11.5. The largest absolute Gasteiger partial charge is 0.339 e. The molecule has 0 radical (unpaired) electrons. The molecule has 1 aliphatic rings. The maximum absolute atomic E-state index is 13.0. The number of halogens is 1. The molecule has 0 aliphatic carbocycles.